The number of aliphatic hydroxyl groups is 1. The molecule has 0 aliphatic carbocycles. The molecule has 2 rings (SSSR count). The van der Waals surface area contributed by atoms with Crippen LogP contribution < -0.4 is 10.2 Å². The number of hydrogen-bond acceptors (Lipinski definition) is 5. The monoisotopic (exact) mass is 236 g/mol. The third kappa shape index (κ3) is 2.20. The van der Waals surface area contributed by atoms with E-state index >= 15 is 0 Å². The van der Waals surface area contributed by atoms with Crippen LogP contribution in [0.5, 0.6) is 0 Å². The first-order valence-corrected chi connectivity index (χ1v) is 6.08. The molecule has 1 unspecified atom stereocenters. The molecular formula is C12H20N4O. The predicted octanol–water partition coefficient (Wildman–Crippen LogP) is 1.10. The summed E-state index contributed by atoms with van der Waals surface area (Å²) in [4.78, 5) is 11.1. The van der Waals surface area contributed by atoms with Crippen LogP contribution in [0.1, 0.15) is 24.2 Å². The summed E-state index contributed by atoms with van der Waals surface area (Å²) < 4.78 is 0. The Balaban J connectivity index is 2.40. The van der Waals surface area contributed by atoms with E-state index in [2.05, 4.69) is 20.2 Å². The Morgan fingerprint density at radius 3 is 2.82 bits per heavy atom. The summed E-state index contributed by atoms with van der Waals surface area (Å²) in [6.07, 6.45) is 2.15. The van der Waals surface area contributed by atoms with Crippen molar-refractivity contribution in [2.24, 2.45) is 0 Å². The summed E-state index contributed by atoms with van der Waals surface area (Å²) in [6, 6.07) is 0.202. The van der Waals surface area contributed by atoms with Gasteiger partial charge in [0.15, 0.2) is 0 Å². The first kappa shape index (κ1) is 12.1. The van der Waals surface area contributed by atoms with Gasteiger partial charge in [0.2, 0.25) is 0 Å². The van der Waals surface area contributed by atoms with Crippen molar-refractivity contribution < 1.29 is 5.11 Å². The average molecular weight is 236 g/mol. The fourth-order valence-corrected chi connectivity index (χ4v) is 2.44. The zero-order valence-electron chi connectivity index (χ0n) is 10.7. The Labute approximate surface area is 102 Å². The van der Waals surface area contributed by atoms with Gasteiger partial charge in [0, 0.05) is 19.2 Å². The fraction of sp³-hybridized carbons (Fsp3) is 0.667. The molecule has 0 bridgehead atoms. The SMILES string of the molecule is CNc1nc(C)nc(N2CCCC2CO)c1C. The zero-order valence-corrected chi connectivity index (χ0v) is 10.7. The summed E-state index contributed by atoms with van der Waals surface area (Å²) in [7, 11) is 1.87. The highest BCUT2D eigenvalue weighted by atomic mass is 16.3. The maximum atomic E-state index is 9.38. The van der Waals surface area contributed by atoms with E-state index in [1.807, 2.05) is 20.9 Å². The Hall–Kier alpha value is -1.36. The number of aromatic nitrogens is 2. The molecule has 5 nitrogen and oxygen atoms in total. The zero-order chi connectivity index (χ0) is 12.4. The minimum absolute atomic E-state index is 0.192. The highest BCUT2D eigenvalue weighted by Gasteiger charge is 2.27. The van der Waals surface area contributed by atoms with Crippen LogP contribution in [0.25, 0.3) is 0 Å². The van der Waals surface area contributed by atoms with Crippen LogP contribution in [-0.4, -0.2) is 41.3 Å². The molecule has 0 aromatic carbocycles. The van der Waals surface area contributed by atoms with Crippen LogP contribution in [0.15, 0.2) is 0 Å². The molecule has 1 aliphatic rings. The molecule has 0 radical (unpaired) electrons. The highest BCUT2D eigenvalue weighted by Crippen LogP contribution is 2.29. The molecule has 0 saturated carbocycles. The molecule has 1 aromatic rings. The van der Waals surface area contributed by atoms with E-state index in [0.717, 1.165) is 42.4 Å². The molecule has 1 aromatic heterocycles. The lowest BCUT2D eigenvalue weighted by atomic mass is 10.2. The topological polar surface area (TPSA) is 61.3 Å². The molecule has 1 atom stereocenters. The summed E-state index contributed by atoms with van der Waals surface area (Å²) in [6.45, 7) is 5.07. The van der Waals surface area contributed by atoms with Crippen LogP contribution in [0.4, 0.5) is 11.6 Å². The number of rotatable bonds is 3. The number of aliphatic hydroxyl groups excluding tert-OH is 1. The van der Waals surface area contributed by atoms with Gasteiger partial charge in [-0.2, -0.15) is 0 Å². The number of nitrogens with one attached hydrogen (secondary N) is 1. The Morgan fingerprint density at radius 2 is 2.18 bits per heavy atom. The van der Waals surface area contributed by atoms with Gasteiger partial charge in [0.05, 0.1) is 12.6 Å². The molecule has 2 heterocycles. The summed E-state index contributed by atoms with van der Waals surface area (Å²) in [5.74, 6) is 2.59. The molecule has 1 saturated heterocycles. The van der Waals surface area contributed by atoms with E-state index in [9.17, 15) is 5.11 Å². The van der Waals surface area contributed by atoms with E-state index in [1.165, 1.54) is 0 Å². The second-order valence-corrected chi connectivity index (χ2v) is 4.49. The van der Waals surface area contributed by atoms with Gasteiger partial charge in [-0.1, -0.05) is 0 Å². The Bertz CT molecular complexity index is 408. The second-order valence-electron chi connectivity index (χ2n) is 4.49. The van der Waals surface area contributed by atoms with Gasteiger partial charge in [-0.3, -0.25) is 0 Å². The van der Waals surface area contributed by atoms with Crippen molar-refractivity contribution in [3.05, 3.63) is 11.4 Å². The minimum Gasteiger partial charge on any atom is -0.394 e. The molecule has 1 aliphatic heterocycles. The standard InChI is InChI=1S/C12H20N4O/c1-8-11(13-3)14-9(2)15-12(8)16-6-4-5-10(16)7-17/h10,17H,4-7H2,1-3H3,(H,13,14,15). The number of hydrogen-bond donors (Lipinski definition) is 2. The second kappa shape index (κ2) is 4.87. The maximum absolute atomic E-state index is 9.38. The van der Waals surface area contributed by atoms with Gasteiger partial charge in [-0.15, -0.1) is 0 Å². The Kier molecular flexibility index (Phi) is 3.47. The third-order valence-corrected chi connectivity index (χ3v) is 3.33. The lowest BCUT2D eigenvalue weighted by Gasteiger charge is -2.26. The van der Waals surface area contributed by atoms with Crippen molar-refractivity contribution >= 4 is 11.6 Å². The molecule has 1 fully saturated rings. The minimum atomic E-state index is 0.192. The maximum Gasteiger partial charge on any atom is 0.137 e. The highest BCUT2D eigenvalue weighted by molar-refractivity contribution is 5.59. The molecular weight excluding hydrogens is 216 g/mol. The number of nitrogens with zero attached hydrogens (tertiary/aromatic N) is 3. The average Bonchev–Trinajstić information content (AvgIpc) is 2.79. The van der Waals surface area contributed by atoms with Crippen LogP contribution in [-0.2, 0) is 0 Å². The van der Waals surface area contributed by atoms with E-state index in [4.69, 9.17) is 0 Å². The summed E-state index contributed by atoms with van der Waals surface area (Å²) >= 11 is 0. The molecule has 2 N–H and O–H groups in total. The van der Waals surface area contributed by atoms with Crippen molar-refractivity contribution in [3.8, 4) is 0 Å². The smallest absolute Gasteiger partial charge is 0.137 e. The van der Waals surface area contributed by atoms with E-state index in [0.29, 0.717) is 0 Å². The lowest BCUT2D eigenvalue weighted by molar-refractivity contribution is 0.266. The van der Waals surface area contributed by atoms with Crippen molar-refractivity contribution in [2.45, 2.75) is 32.7 Å². The Morgan fingerprint density at radius 1 is 1.41 bits per heavy atom. The molecule has 94 valence electrons. The van der Waals surface area contributed by atoms with Crippen LogP contribution in [0.2, 0.25) is 0 Å². The quantitative estimate of drug-likeness (QED) is 0.823. The van der Waals surface area contributed by atoms with Crippen molar-refractivity contribution in [2.75, 3.05) is 30.4 Å². The van der Waals surface area contributed by atoms with Gasteiger partial charge in [-0.25, -0.2) is 9.97 Å². The van der Waals surface area contributed by atoms with Crippen LogP contribution >= 0.6 is 0 Å². The third-order valence-electron chi connectivity index (χ3n) is 3.33. The largest absolute Gasteiger partial charge is 0.394 e. The van der Waals surface area contributed by atoms with Gasteiger partial charge < -0.3 is 15.3 Å². The van der Waals surface area contributed by atoms with E-state index in [1.54, 1.807) is 0 Å². The summed E-state index contributed by atoms with van der Waals surface area (Å²) in [5.41, 5.74) is 1.05. The first-order chi connectivity index (χ1) is 8.17. The predicted molar refractivity (Wildman–Crippen MR) is 68.5 cm³/mol. The first-order valence-electron chi connectivity index (χ1n) is 6.08. The molecule has 0 spiro atoms. The number of aryl methyl sites for hydroxylation is 1. The van der Waals surface area contributed by atoms with Gasteiger partial charge in [-0.05, 0) is 26.7 Å². The lowest BCUT2D eigenvalue weighted by Crippen LogP contribution is -2.33. The van der Waals surface area contributed by atoms with E-state index in [-0.39, 0.29) is 12.6 Å². The van der Waals surface area contributed by atoms with Crippen molar-refractivity contribution in [1.82, 2.24) is 9.97 Å². The van der Waals surface area contributed by atoms with E-state index < -0.39 is 0 Å². The molecule has 5 heteroatoms. The van der Waals surface area contributed by atoms with Crippen molar-refractivity contribution in [3.63, 3.8) is 0 Å². The van der Waals surface area contributed by atoms with Crippen LogP contribution in [0, 0.1) is 13.8 Å². The number of anilines is 2. The van der Waals surface area contributed by atoms with Crippen molar-refractivity contribution in [1.29, 1.82) is 0 Å². The molecule has 17 heavy (non-hydrogen) atoms. The fourth-order valence-electron chi connectivity index (χ4n) is 2.44. The van der Waals surface area contributed by atoms with Gasteiger partial charge in [0.25, 0.3) is 0 Å². The van der Waals surface area contributed by atoms with Crippen LogP contribution in [0.3, 0.4) is 0 Å². The summed E-state index contributed by atoms with van der Waals surface area (Å²) in [5, 5.41) is 12.5. The normalized spacial score (nSPS) is 19.8. The van der Waals surface area contributed by atoms with Gasteiger partial charge in [0.1, 0.15) is 17.5 Å². The molecule has 0 amide bonds. The van der Waals surface area contributed by atoms with Gasteiger partial charge >= 0.3 is 0 Å².